The number of fused-ring (bicyclic) bond motifs is 1. The van der Waals surface area contributed by atoms with Gasteiger partial charge >= 0.3 is 0 Å². The van der Waals surface area contributed by atoms with E-state index in [1.165, 1.54) is 4.31 Å². The number of halogens is 1. The summed E-state index contributed by atoms with van der Waals surface area (Å²) in [6, 6.07) is 12.2. The van der Waals surface area contributed by atoms with Gasteiger partial charge in [0.05, 0.1) is 5.75 Å². The molecule has 2 heterocycles. The van der Waals surface area contributed by atoms with E-state index in [2.05, 4.69) is 5.32 Å². The van der Waals surface area contributed by atoms with Crippen LogP contribution in [0.5, 0.6) is 11.5 Å². The molecule has 2 aromatic rings. The van der Waals surface area contributed by atoms with E-state index >= 15 is 0 Å². The Morgan fingerprint density at radius 1 is 1.07 bits per heavy atom. The highest BCUT2D eigenvalue weighted by Crippen LogP contribution is 2.33. The van der Waals surface area contributed by atoms with E-state index in [9.17, 15) is 13.2 Å². The smallest absolute Gasteiger partial charge is 0.227 e. The zero-order valence-electron chi connectivity index (χ0n) is 16.3. The van der Waals surface area contributed by atoms with Crippen molar-refractivity contribution in [1.29, 1.82) is 0 Å². The van der Waals surface area contributed by atoms with E-state index in [1.807, 2.05) is 0 Å². The second-order valence-corrected chi connectivity index (χ2v) is 9.74. The molecule has 160 valence electrons. The summed E-state index contributed by atoms with van der Waals surface area (Å²) in [4.78, 5) is 12.7. The Kier molecular flexibility index (Phi) is 6.17. The zero-order chi connectivity index (χ0) is 21.1. The maximum atomic E-state index is 12.8. The standard InChI is InChI=1S/C21H23ClN2O5S/c22-18-4-2-1-3-16(18)14-30(26,27)24-9-7-15(8-10-24)21(25)23-17-5-6-19-20(13-17)29-12-11-28-19/h1-6,13,15H,7-12,14H2,(H,23,25). The third kappa shape index (κ3) is 4.71. The van der Waals surface area contributed by atoms with Crippen molar-refractivity contribution in [3.63, 3.8) is 0 Å². The number of hydrogen-bond donors (Lipinski definition) is 1. The second kappa shape index (κ2) is 8.83. The maximum Gasteiger partial charge on any atom is 0.227 e. The topological polar surface area (TPSA) is 84.9 Å². The van der Waals surface area contributed by atoms with Crippen molar-refractivity contribution < 1.29 is 22.7 Å². The van der Waals surface area contributed by atoms with Crippen LogP contribution in [-0.4, -0.2) is 44.9 Å². The number of sulfonamides is 1. The van der Waals surface area contributed by atoms with Crippen LogP contribution >= 0.6 is 11.6 Å². The predicted octanol–water partition coefficient (Wildman–Crippen LogP) is 3.29. The van der Waals surface area contributed by atoms with Gasteiger partial charge in [0.1, 0.15) is 13.2 Å². The molecular weight excluding hydrogens is 428 g/mol. The first-order valence-electron chi connectivity index (χ1n) is 9.84. The minimum absolute atomic E-state index is 0.116. The van der Waals surface area contributed by atoms with Crippen LogP contribution in [0.2, 0.25) is 5.02 Å². The van der Waals surface area contributed by atoms with Crippen LogP contribution in [0.1, 0.15) is 18.4 Å². The number of anilines is 1. The molecule has 1 amide bonds. The number of benzene rings is 2. The molecule has 30 heavy (non-hydrogen) atoms. The summed E-state index contributed by atoms with van der Waals surface area (Å²) in [5, 5.41) is 3.34. The predicted molar refractivity (Wildman–Crippen MR) is 114 cm³/mol. The largest absolute Gasteiger partial charge is 0.486 e. The molecule has 0 aliphatic carbocycles. The number of carbonyl (C=O) groups excluding carboxylic acids is 1. The number of piperidine rings is 1. The number of amides is 1. The summed E-state index contributed by atoms with van der Waals surface area (Å²) in [7, 11) is -3.49. The van der Waals surface area contributed by atoms with Crippen molar-refractivity contribution >= 4 is 33.2 Å². The summed E-state index contributed by atoms with van der Waals surface area (Å²) in [6.45, 7) is 1.61. The average molecular weight is 451 g/mol. The summed E-state index contributed by atoms with van der Waals surface area (Å²) in [5.74, 6) is 0.774. The molecule has 0 radical (unpaired) electrons. The fourth-order valence-corrected chi connectivity index (χ4v) is 5.54. The minimum atomic E-state index is -3.49. The molecule has 0 atom stereocenters. The summed E-state index contributed by atoms with van der Waals surface area (Å²) < 4.78 is 38.0. The van der Waals surface area contributed by atoms with Crippen LogP contribution in [0, 0.1) is 5.92 Å². The molecular formula is C21H23ClN2O5S. The van der Waals surface area contributed by atoms with E-state index in [0.29, 0.717) is 66.9 Å². The molecule has 1 fully saturated rings. The van der Waals surface area contributed by atoms with Crippen molar-refractivity contribution in [1.82, 2.24) is 4.31 Å². The highest BCUT2D eigenvalue weighted by atomic mass is 35.5. The monoisotopic (exact) mass is 450 g/mol. The first-order valence-corrected chi connectivity index (χ1v) is 11.8. The molecule has 2 aliphatic heterocycles. The molecule has 2 aromatic carbocycles. The Morgan fingerprint density at radius 3 is 2.50 bits per heavy atom. The highest BCUT2D eigenvalue weighted by molar-refractivity contribution is 7.88. The molecule has 0 spiro atoms. The normalized spacial score (nSPS) is 17.5. The number of hydrogen-bond acceptors (Lipinski definition) is 5. The van der Waals surface area contributed by atoms with Gasteiger partial charge in [0.25, 0.3) is 0 Å². The Hall–Kier alpha value is -2.29. The number of nitrogens with zero attached hydrogens (tertiary/aromatic N) is 1. The van der Waals surface area contributed by atoms with Crippen molar-refractivity contribution in [2.45, 2.75) is 18.6 Å². The molecule has 9 heteroatoms. The van der Waals surface area contributed by atoms with Gasteiger partial charge in [-0.25, -0.2) is 12.7 Å². The number of carbonyl (C=O) groups is 1. The van der Waals surface area contributed by atoms with Crippen LogP contribution in [0.25, 0.3) is 0 Å². The molecule has 1 saturated heterocycles. The van der Waals surface area contributed by atoms with Crippen LogP contribution in [-0.2, 0) is 20.6 Å². The fraction of sp³-hybridized carbons (Fsp3) is 0.381. The van der Waals surface area contributed by atoms with Gasteiger partial charge in [-0.15, -0.1) is 0 Å². The second-order valence-electron chi connectivity index (χ2n) is 7.37. The molecule has 0 unspecified atom stereocenters. The van der Waals surface area contributed by atoms with Crippen molar-refractivity contribution in [3.8, 4) is 11.5 Å². The van der Waals surface area contributed by atoms with E-state index in [0.717, 1.165) is 0 Å². The lowest BCUT2D eigenvalue weighted by Crippen LogP contribution is -2.41. The van der Waals surface area contributed by atoms with E-state index in [-0.39, 0.29) is 17.6 Å². The molecule has 7 nitrogen and oxygen atoms in total. The summed E-state index contributed by atoms with van der Waals surface area (Å²) in [6.07, 6.45) is 0.941. The molecule has 0 bridgehead atoms. The summed E-state index contributed by atoms with van der Waals surface area (Å²) in [5.41, 5.74) is 1.22. The fourth-order valence-electron chi connectivity index (χ4n) is 3.66. The van der Waals surface area contributed by atoms with E-state index in [1.54, 1.807) is 42.5 Å². The van der Waals surface area contributed by atoms with E-state index in [4.69, 9.17) is 21.1 Å². The highest BCUT2D eigenvalue weighted by Gasteiger charge is 2.31. The lowest BCUT2D eigenvalue weighted by molar-refractivity contribution is -0.120. The Morgan fingerprint density at radius 2 is 1.77 bits per heavy atom. The maximum absolute atomic E-state index is 12.8. The third-order valence-corrected chi connectivity index (χ3v) is 7.52. The number of ether oxygens (including phenoxy) is 2. The SMILES string of the molecule is O=C(Nc1ccc2c(c1)OCCO2)C1CCN(S(=O)(=O)Cc2ccccc2Cl)CC1. The Balaban J connectivity index is 1.34. The van der Waals surface area contributed by atoms with Gasteiger partial charge < -0.3 is 14.8 Å². The number of rotatable bonds is 5. The lowest BCUT2D eigenvalue weighted by Gasteiger charge is -2.30. The quantitative estimate of drug-likeness (QED) is 0.755. The zero-order valence-corrected chi connectivity index (χ0v) is 17.9. The van der Waals surface area contributed by atoms with Gasteiger partial charge in [0.15, 0.2) is 11.5 Å². The van der Waals surface area contributed by atoms with Gasteiger partial charge in [0.2, 0.25) is 15.9 Å². The van der Waals surface area contributed by atoms with Crippen LogP contribution < -0.4 is 14.8 Å². The van der Waals surface area contributed by atoms with Gasteiger partial charge in [0, 0.05) is 35.8 Å². The molecule has 1 N–H and O–H groups in total. The first-order chi connectivity index (χ1) is 14.4. The van der Waals surface area contributed by atoms with Crippen molar-refractivity contribution in [3.05, 3.63) is 53.1 Å². The molecule has 0 saturated carbocycles. The van der Waals surface area contributed by atoms with Crippen LogP contribution in [0.15, 0.2) is 42.5 Å². The van der Waals surface area contributed by atoms with Crippen molar-refractivity contribution in [2.24, 2.45) is 5.92 Å². The van der Waals surface area contributed by atoms with Gasteiger partial charge in [-0.05, 0) is 36.6 Å². The van der Waals surface area contributed by atoms with Crippen LogP contribution in [0.4, 0.5) is 5.69 Å². The van der Waals surface area contributed by atoms with Crippen molar-refractivity contribution in [2.75, 3.05) is 31.6 Å². The van der Waals surface area contributed by atoms with Gasteiger partial charge in [-0.3, -0.25) is 4.79 Å². The van der Waals surface area contributed by atoms with Gasteiger partial charge in [-0.1, -0.05) is 29.8 Å². The van der Waals surface area contributed by atoms with Gasteiger partial charge in [-0.2, -0.15) is 0 Å². The van der Waals surface area contributed by atoms with E-state index < -0.39 is 10.0 Å². The third-order valence-electron chi connectivity index (χ3n) is 5.32. The molecule has 4 rings (SSSR count). The summed E-state index contributed by atoms with van der Waals surface area (Å²) >= 11 is 6.10. The average Bonchev–Trinajstić information content (AvgIpc) is 2.75. The lowest BCUT2D eigenvalue weighted by atomic mass is 9.97. The van der Waals surface area contributed by atoms with Crippen LogP contribution in [0.3, 0.4) is 0 Å². The minimum Gasteiger partial charge on any atom is -0.486 e. The Bertz CT molecular complexity index is 1040. The molecule has 0 aromatic heterocycles. The molecule has 2 aliphatic rings. The number of nitrogens with one attached hydrogen (secondary N) is 1. The first kappa shape index (κ1) is 21.0. The Labute approximate surface area is 181 Å².